The molecular weight excluding hydrogens is 449 g/mol. The van der Waals surface area contributed by atoms with Crippen molar-refractivity contribution in [1.29, 1.82) is 0 Å². The number of alkyl halides is 3. The van der Waals surface area contributed by atoms with Gasteiger partial charge in [0.2, 0.25) is 0 Å². The van der Waals surface area contributed by atoms with Crippen LogP contribution in [0.2, 0.25) is 0 Å². The summed E-state index contributed by atoms with van der Waals surface area (Å²) in [5.41, 5.74) is 3.37. The van der Waals surface area contributed by atoms with Crippen molar-refractivity contribution in [3.63, 3.8) is 0 Å². The van der Waals surface area contributed by atoms with E-state index in [9.17, 15) is 27.9 Å². The molecule has 1 unspecified atom stereocenters. The summed E-state index contributed by atoms with van der Waals surface area (Å²) in [6.07, 6.45) is -4.58. The van der Waals surface area contributed by atoms with E-state index in [1.165, 1.54) is 6.07 Å². The molecule has 1 heterocycles. The van der Waals surface area contributed by atoms with Crippen molar-refractivity contribution in [2.24, 2.45) is 0 Å². The lowest BCUT2D eigenvalue weighted by Gasteiger charge is -2.17. The minimum absolute atomic E-state index is 0.00617. The van der Waals surface area contributed by atoms with E-state index in [0.717, 1.165) is 34.5 Å². The number of carbonyl (C=O) groups excluding carboxylic acids is 1. The number of carboxylic acids is 1. The molecule has 9 heteroatoms. The van der Waals surface area contributed by atoms with Crippen LogP contribution in [0.15, 0.2) is 66.9 Å². The van der Waals surface area contributed by atoms with Crippen molar-refractivity contribution in [1.82, 2.24) is 10.3 Å². The second-order valence-corrected chi connectivity index (χ2v) is 7.95. The van der Waals surface area contributed by atoms with Gasteiger partial charge in [0.05, 0.1) is 0 Å². The number of alkyl carbamates (subject to hydrolysis) is 1. The minimum atomic E-state index is -4.60. The first-order valence-corrected chi connectivity index (χ1v) is 10.6. The number of amides is 1. The Labute approximate surface area is 193 Å². The van der Waals surface area contributed by atoms with Gasteiger partial charge in [0.15, 0.2) is 0 Å². The molecule has 0 aliphatic heterocycles. The topological polar surface area (TPSA) is 88.5 Å². The normalized spacial score (nSPS) is 13.6. The highest BCUT2D eigenvalue weighted by Gasteiger charge is 2.33. The van der Waals surface area contributed by atoms with Gasteiger partial charge < -0.3 is 15.2 Å². The highest BCUT2D eigenvalue weighted by Crippen LogP contribution is 2.44. The van der Waals surface area contributed by atoms with E-state index in [4.69, 9.17) is 4.74 Å². The molecule has 2 N–H and O–H groups in total. The first kappa shape index (κ1) is 23.3. The van der Waals surface area contributed by atoms with E-state index < -0.39 is 30.0 Å². The summed E-state index contributed by atoms with van der Waals surface area (Å²) < 4.78 is 43.9. The van der Waals surface area contributed by atoms with Crippen molar-refractivity contribution < 1.29 is 32.6 Å². The highest BCUT2D eigenvalue weighted by atomic mass is 19.4. The van der Waals surface area contributed by atoms with Gasteiger partial charge in [-0.05, 0) is 52.8 Å². The van der Waals surface area contributed by atoms with Gasteiger partial charge in [-0.25, -0.2) is 9.59 Å². The lowest BCUT2D eigenvalue weighted by molar-refractivity contribution is -0.141. The zero-order valence-corrected chi connectivity index (χ0v) is 17.9. The van der Waals surface area contributed by atoms with E-state index in [1.54, 1.807) is 0 Å². The molecule has 0 fully saturated rings. The monoisotopic (exact) mass is 470 g/mol. The number of carboxylic acid groups (broad SMARTS) is 1. The Morgan fingerprint density at radius 1 is 1.03 bits per heavy atom. The highest BCUT2D eigenvalue weighted by molar-refractivity contribution is 5.81. The number of aromatic nitrogens is 1. The number of benzene rings is 2. The molecule has 2 aromatic carbocycles. The van der Waals surface area contributed by atoms with Gasteiger partial charge in [0.25, 0.3) is 0 Å². The molecule has 1 atom stereocenters. The minimum Gasteiger partial charge on any atom is -0.480 e. The van der Waals surface area contributed by atoms with E-state index >= 15 is 0 Å². The molecule has 1 aliphatic rings. The van der Waals surface area contributed by atoms with E-state index in [1.807, 2.05) is 48.5 Å². The van der Waals surface area contributed by atoms with Crippen molar-refractivity contribution >= 4 is 12.1 Å². The van der Waals surface area contributed by atoms with Crippen LogP contribution in [0.25, 0.3) is 11.1 Å². The standard InChI is InChI=1S/C25H21F3N2O4/c26-25(27,28)22-13-15(11-12-29-22)9-10-21(23(31)32)30-24(33)34-14-20-18-7-3-1-5-16(18)17-6-2-4-8-19(17)20/h1-8,11-13,20-21H,9-10,14H2,(H,30,33)(H,31,32). The first-order valence-electron chi connectivity index (χ1n) is 10.6. The maximum Gasteiger partial charge on any atom is 0.433 e. The lowest BCUT2D eigenvalue weighted by Crippen LogP contribution is -2.41. The lowest BCUT2D eigenvalue weighted by atomic mass is 9.98. The molecule has 0 bridgehead atoms. The number of halogens is 3. The van der Waals surface area contributed by atoms with Crippen LogP contribution in [0.3, 0.4) is 0 Å². The third kappa shape index (κ3) is 5.03. The largest absolute Gasteiger partial charge is 0.480 e. The number of rotatable bonds is 7. The zero-order valence-electron chi connectivity index (χ0n) is 17.9. The molecule has 6 nitrogen and oxygen atoms in total. The van der Waals surface area contributed by atoms with Crippen molar-refractivity contribution in [2.75, 3.05) is 6.61 Å². The quantitative estimate of drug-likeness (QED) is 0.506. The van der Waals surface area contributed by atoms with E-state index in [-0.39, 0.29) is 30.9 Å². The van der Waals surface area contributed by atoms with Crippen LogP contribution in [-0.2, 0) is 22.1 Å². The predicted octanol–water partition coefficient (Wildman–Crippen LogP) is 5.02. The number of pyridine rings is 1. The second-order valence-electron chi connectivity index (χ2n) is 7.95. The fourth-order valence-electron chi connectivity index (χ4n) is 4.14. The summed E-state index contributed by atoms with van der Waals surface area (Å²) in [6, 6.07) is 16.5. The molecular formula is C25H21F3N2O4. The van der Waals surface area contributed by atoms with Crippen LogP contribution in [0.4, 0.5) is 18.0 Å². The molecule has 0 saturated heterocycles. The van der Waals surface area contributed by atoms with Gasteiger partial charge in [-0.15, -0.1) is 0 Å². The van der Waals surface area contributed by atoms with Gasteiger partial charge in [0, 0.05) is 12.1 Å². The number of hydrogen-bond donors (Lipinski definition) is 2. The van der Waals surface area contributed by atoms with Gasteiger partial charge in [-0.1, -0.05) is 48.5 Å². The van der Waals surface area contributed by atoms with Gasteiger partial charge in [-0.2, -0.15) is 13.2 Å². The third-order valence-corrected chi connectivity index (χ3v) is 5.77. The predicted molar refractivity (Wildman–Crippen MR) is 117 cm³/mol. The average molecular weight is 470 g/mol. The van der Waals surface area contributed by atoms with Crippen LogP contribution in [-0.4, -0.2) is 34.8 Å². The molecule has 1 amide bonds. The zero-order chi connectivity index (χ0) is 24.3. The van der Waals surface area contributed by atoms with E-state index in [0.29, 0.717) is 0 Å². The Bertz CT molecular complexity index is 1170. The maximum absolute atomic E-state index is 12.8. The first-order chi connectivity index (χ1) is 16.2. The second kappa shape index (κ2) is 9.54. The number of aliphatic carboxylic acids is 1. The molecule has 0 saturated carbocycles. The van der Waals surface area contributed by atoms with Crippen LogP contribution < -0.4 is 5.32 Å². The summed E-state index contributed by atoms with van der Waals surface area (Å²) in [7, 11) is 0. The van der Waals surface area contributed by atoms with Gasteiger partial charge in [-0.3, -0.25) is 4.98 Å². The summed E-state index contributed by atoms with van der Waals surface area (Å²) in [4.78, 5) is 27.3. The van der Waals surface area contributed by atoms with Crippen molar-refractivity contribution in [3.8, 4) is 11.1 Å². The molecule has 1 aromatic heterocycles. The summed E-state index contributed by atoms with van der Waals surface area (Å²) >= 11 is 0. The maximum atomic E-state index is 12.8. The van der Waals surface area contributed by atoms with Gasteiger partial charge in [0.1, 0.15) is 18.3 Å². The number of fused-ring (bicyclic) bond motifs is 3. The molecule has 176 valence electrons. The van der Waals surface area contributed by atoms with Crippen molar-refractivity contribution in [3.05, 3.63) is 89.2 Å². The number of nitrogens with one attached hydrogen (secondary N) is 1. The Hall–Kier alpha value is -3.88. The van der Waals surface area contributed by atoms with Crippen LogP contribution in [0.5, 0.6) is 0 Å². The number of nitrogens with zero attached hydrogens (tertiary/aromatic N) is 1. The van der Waals surface area contributed by atoms with Crippen LogP contribution in [0.1, 0.15) is 34.7 Å². The third-order valence-electron chi connectivity index (χ3n) is 5.77. The molecule has 0 spiro atoms. The Morgan fingerprint density at radius 3 is 2.24 bits per heavy atom. The summed E-state index contributed by atoms with van der Waals surface area (Å²) in [6.45, 7) is 0.0193. The fraction of sp³-hybridized carbons (Fsp3) is 0.240. The molecule has 3 aromatic rings. The fourth-order valence-corrected chi connectivity index (χ4v) is 4.14. The van der Waals surface area contributed by atoms with Crippen LogP contribution in [0, 0.1) is 0 Å². The van der Waals surface area contributed by atoms with E-state index in [2.05, 4.69) is 10.3 Å². The number of carbonyl (C=O) groups is 2. The summed E-state index contributed by atoms with van der Waals surface area (Å²) in [5.74, 6) is -1.49. The number of ether oxygens (including phenoxy) is 1. The Balaban J connectivity index is 1.38. The van der Waals surface area contributed by atoms with Crippen molar-refractivity contribution in [2.45, 2.75) is 31.0 Å². The molecule has 34 heavy (non-hydrogen) atoms. The summed E-state index contributed by atoms with van der Waals surface area (Å²) in [5, 5.41) is 11.8. The smallest absolute Gasteiger partial charge is 0.433 e. The number of hydrogen-bond acceptors (Lipinski definition) is 4. The number of aryl methyl sites for hydroxylation is 1. The van der Waals surface area contributed by atoms with Gasteiger partial charge >= 0.3 is 18.2 Å². The SMILES string of the molecule is O=C(NC(CCc1ccnc(C(F)(F)F)c1)C(=O)O)OCC1c2ccccc2-c2ccccc21. The average Bonchev–Trinajstić information content (AvgIpc) is 3.13. The Morgan fingerprint density at radius 2 is 1.65 bits per heavy atom. The molecule has 1 aliphatic carbocycles. The molecule has 0 radical (unpaired) electrons. The molecule has 4 rings (SSSR count). The van der Waals surface area contributed by atoms with Crippen LogP contribution >= 0.6 is 0 Å². The Kier molecular flexibility index (Phi) is 6.54.